The molecule has 1 aliphatic rings. The maximum absolute atomic E-state index is 12.3. The van der Waals surface area contributed by atoms with Crippen molar-refractivity contribution >= 4 is 12.0 Å². The standard InChI is InChI=1S/C16H21NO3/c1-12-11-20-13(2)10-17(12)16(18)9-8-14-6-4-5-7-15(14)19-3/h4-9,12-13H,10-11H2,1-3H3. The lowest BCUT2D eigenvalue weighted by Crippen LogP contribution is -2.49. The molecule has 0 radical (unpaired) electrons. The number of hydrogen-bond donors (Lipinski definition) is 0. The Kier molecular flexibility index (Phi) is 4.79. The number of hydrogen-bond acceptors (Lipinski definition) is 3. The molecular formula is C16H21NO3. The molecule has 0 saturated carbocycles. The number of benzene rings is 1. The van der Waals surface area contributed by atoms with Gasteiger partial charge in [0.05, 0.1) is 25.9 Å². The summed E-state index contributed by atoms with van der Waals surface area (Å²) in [5, 5.41) is 0. The molecule has 1 aromatic rings. The van der Waals surface area contributed by atoms with E-state index < -0.39 is 0 Å². The third-order valence-corrected chi connectivity index (χ3v) is 3.44. The number of para-hydroxylation sites is 1. The lowest BCUT2D eigenvalue weighted by molar-refractivity contribution is -0.137. The normalized spacial score (nSPS) is 23.1. The van der Waals surface area contributed by atoms with Gasteiger partial charge in [0.25, 0.3) is 0 Å². The molecular weight excluding hydrogens is 254 g/mol. The zero-order valence-electron chi connectivity index (χ0n) is 12.2. The van der Waals surface area contributed by atoms with Gasteiger partial charge >= 0.3 is 0 Å². The second kappa shape index (κ2) is 6.57. The summed E-state index contributed by atoms with van der Waals surface area (Å²) >= 11 is 0. The highest BCUT2D eigenvalue weighted by Crippen LogP contribution is 2.19. The maximum atomic E-state index is 12.3. The molecule has 0 spiro atoms. The molecule has 1 amide bonds. The van der Waals surface area contributed by atoms with E-state index in [2.05, 4.69) is 0 Å². The van der Waals surface area contributed by atoms with E-state index in [1.54, 1.807) is 19.3 Å². The van der Waals surface area contributed by atoms with Gasteiger partial charge in [-0.1, -0.05) is 18.2 Å². The van der Waals surface area contributed by atoms with Crippen LogP contribution >= 0.6 is 0 Å². The van der Waals surface area contributed by atoms with E-state index in [0.717, 1.165) is 11.3 Å². The minimum Gasteiger partial charge on any atom is -0.496 e. The lowest BCUT2D eigenvalue weighted by atomic mass is 10.1. The average Bonchev–Trinajstić information content (AvgIpc) is 2.47. The molecule has 108 valence electrons. The van der Waals surface area contributed by atoms with E-state index in [-0.39, 0.29) is 18.1 Å². The minimum absolute atomic E-state index is 0.0126. The second-order valence-corrected chi connectivity index (χ2v) is 5.06. The van der Waals surface area contributed by atoms with Crippen LogP contribution in [0, 0.1) is 0 Å². The van der Waals surface area contributed by atoms with Crippen molar-refractivity contribution in [2.45, 2.75) is 26.0 Å². The van der Waals surface area contributed by atoms with Crippen molar-refractivity contribution in [3.8, 4) is 5.75 Å². The fraction of sp³-hybridized carbons (Fsp3) is 0.438. The Morgan fingerprint density at radius 2 is 2.15 bits per heavy atom. The van der Waals surface area contributed by atoms with Crippen LogP contribution in [0.5, 0.6) is 5.75 Å². The van der Waals surface area contributed by atoms with Gasteiger partial charge in [-0.15, -0.1) is 0 Å². The Morgan fingerprint density at radius 3 is 2.90 bits per heavy atom. The summed E-state index contributed by atoms with van der Waals surface area (Å²) in [6.07, 6.45) is 3.50. The molecule has 4 nitrogen and oxygen atoms in total. The third-order valence-electron chi connectivity index (χ3n) is 3.44. The van der Waals surface area contributed by atoms with Crippen LogP contribution < -0.4 is 4.74 Å². The summed E-state index contributed by atoms with van der Waals surface area (Å²) < 4.78 is 10.8. The molecule has 1 saturated heterocycles. The Hall–Kier alpha value is -1.81. The number of methoxy groups -OCH3 is 1. The fourth-order valence-electron chi connectivity index (χ4n) is 2.27. The van der Waals surface area contributed by atoms with E-state index in [4.69, 9.17) is 9.47 Å². The molecule has 0 aliphatic carbocycles. The van der Waals surface area contributed by atoms with Crippen LogP contribution in [0.15, 0.2) is 30.3 Å². The number of nitrogens with zero attached hydrogens (tertiary/aromatic N) is 1. The first-order chi connectivity index (χ1) is 9.61. The maximum Gasteiger partial charge on any atom is 0.246 e. The van der Waals surface area contributed by atoms with E-state index >= 15 is 0 Å². The Morgan fingerprint density at radius 1 is 1.40 bits per heavy atom. The monoisotopic (exact) mass is 275 g/mol. The summed E-state index contributed by atoms with van der Waals surface area (Å²) in [4.78, 5) is 14.1. The predicted octanol–water partition coefficient (Wildman–Crippen LogP) is 2.34. The third kappa shape index (κ3) is 3.39. The quantitative estimate of drug-likeness (QED) is 0.795. The van der Waals surface area contributed by atoms with Gasteiger partial charge in [0.1, 0.15) is 5.75 Å². The molecule has 1 aliphatic heterocycles. The van der Waals surface area contributed by atoms with Crippen LogP contribution in [0.1, 0.15) is 19.4 Å². The van der Waals surface area contributed by atoms with Gasteiger partial charge in [-0.2, -0.15) is 0 Å². The molecule has 2 rings (SSSR count). The van der Waals surface area contributed by atoms with Crippen LogP contribution in [-0.4, -0.2) is 43.2 Å². The molecule has 1 aromatic carbocycles. The number of amides is 1. The van der Waals surface area contributed by atoms with E-state index in [1.807, 2.05) is 43.0 Å². The van der Waals surface area contributed by atoms with Crippen LogP contribution in [0.25, 0.3) is 6.08 Å². The van der Waals surface area contributed by atoms with Crippen molar-refractivity contribution in [2.24, 2.45) is 0 Å². The molecule has 2 unspecified atom stereocenters. The van der Waals surface area contributed by atoms with E-state index in [1.165, 1.54) is 0 Å². The summed E-state index contributed by atoms with van der Waals surface area (Å²) in [5.41, 5.74) is 0.900. The molecule has 1 heterocycles. The second-order valence-electron chi connectivity index (χ2n) is 5.06. The molecule has 20 heavy (non-hydrogen) atoms. The first-order valence-corrected chi connectivity index (χ1v) is 6.85. The number of morpholine rings is 1. The number of carbonyl (C=O) groups is 1. The Balaban J connectivity index is 2.08. The van der Waals surface area contributed by atoms with Crippen molar-refractivity contribution in [3.05, 3.63) is 35.9 Å². The minimum atomic E-state index is 0.0126. The fourth-order valence-corrected chi connectivity index (χ4v) is 2.27. The molecule has 0 N–H and O–H groups in total. The SMILES string of the molecule is COc1ccccc1C=CC(=O)N1CC(C)OCC1C. The van der Waals surface area contributed by atoms with Gasteiger partial charge in [-0.25, -0.2) is 0 Å². The topological polar surface area (TPSA) is 38.8 Å². The molecule has 2 atom stereocenters. The van der Waals surface area contributed by atoms with Gasteiger partial charge in [0.2, 0.25) is 5.91 Å². The zero-order chi connectivity index (χ0) is 14.5. The molecule has 0 bridgehead atoms. The summed E-state index contributed by atoms with van der Waals surface area (Å²) in [6.45, 7) is 5.21. The highest BCUT2D eigenvalue weighted by atomic mass is 16.5. The Bertz CT molecular complexity index is 498. The van der Waals surface area contributed by atoms with Gasteiger partial charge in [0.15, 0.2) is 0 Å². The van der Waals surface area contributed by atoms with Crippen LogP contribution in [0.4, 0.5) is 0 Å². The molecule has 1 fully saturated rings. The Labute approximate surface area is 120 Å². The predicted molar refractivity (Wildman–Crippen MR) is 78.6 cm³/mol. The van der Waals surface area contributed by atoms with Gasteiger partial charge in [-0.05, 0) is 26.0 Å². The smallest absolute Gasteiger partial charge is 0.246 e. The van der Waals surface area contributed by atoms with Crippen LogP contribution in [0.3, 0.4) is 0 Å². The highest BCUT2D eigenvalue weighted by Gasteiger charge is 2.25. The van der Waals surface area contributed by atoms with Crippen molar-refractivity contribution in [1.29, 1.82) is 0 Å². The van der Waals surface area contributed by atoms with Crippen LogP contribution in [0.2, 0.25) is 0 Å². The van der Waals surface area contributed by atoms with Gasteiger partial charge < -0.3 is 14.4 Å². The zero-order valence-corrected chi connectivity index (χ0v) is 12.2. The van der Waals surface area contributed by atoms with E-state index in [9.17, 15) is 4.79 Å². The van der Waals surface area contributed by atoms with Crippen molar-refractivity contribution in [2.75, 3.05) is 20.3 Å². The van der Waals surface area contributed by atoms with E-state index in [0.29, 0.717) is 13.2 Å². The number of carbonyl (C=O) groups excluding carboxylic acids is 1. The number of rotatable bonds is 3. The van der Waals surface area contributed by atoms with Crippen LogP contribution in [-0.2, 0) is 9.53 Å². The first-order valence-electron chi connectivity index (χ1n) is 6.85. The van der Waals surface area contributed by atoms with Gasteiger partial charge in [0, 0.05) is 18.2 Å². The summed E-state index contributed by atoms with van der Waals surface area (Å²) in [6, 6.07) is 7.74. The number of ether oxygens (including phenoxy) is 2. The summed E-state index contributed by atoms with van der Waals surface area (Å²) in [7, 11) is 1.63. The lowest BCUT2D eigenvalue weighted by Gasteiger charge is -2.36. The summed E-state index contributed by atoms with van der Waals surface area (Å²) in [5.74, 6) is 0.776. The van der Waals surface area contributed by atoms with Gasteiger partial charge in [-0.3, -0.25) is 4.79 Å². The highest BCUT2D eigenvalue weighted by molar-refractivity contribution is 5.92. The largest absolute Gasteiger partial charge is 0.496 e. The average molecular weight is 275 g/mol. The van der Waals surface area contributed by atoms with Crippen molar-refractivity contribution < 1.29 is 14.3 Å². The van der Waals surface area contributed by atoms with Crippen molar-refractivity contribution in [1.82, 2.24) is 4.90 Å². The van der Waals surface area contributed by atoms with Crippen molar-refractivity contribution in [3.63, 3.8) is 0 Å². The molecule has 4 heteroatoms. The first kappa shape index (κ1) is 14.6. The molecule has 0 aromatic heterocycles.